The first-order chi connectivity index (χ1) is 17.5. The zero-order chi connectivity index (χ0) is 26.3. The van der Waals surface area contributed by atoms with Crippen LogP contribution in [0.3, 0.4) is 0 Å². The number of alkyl halides is 2. The molecule has 13 heteroatoms. The van der Waals surface area contributed by atoms with Crippen LogP contribution in [0.2, 0.25) is 5.02 Å². The molecule has 0 radical (unpaired) electrons. The van der Waals surface area contributed by atoms with Gasteiger partial charge in [0.2, 0.25) is 0 Å². The van der Waals surface area contributed by atoms with E-state index in [9.17, 15) is 27.6 Å². The summed E-state index contributed by atoms with van der Waals surface area (Å²) >= 11 is 5.82. The number of hydrogen-bond acceptors (Lipinski definition) is 5. The van der Waals surface area contributed by atoms with Gasteiger partial charge in [0.1, 0.15) is 17.2 Å². The van der Waals surface area contributed by atoms with Crippen LogP contribution >= 0.6 is 11.6 Å². The van der Waals surface area contributed by atoms with E-state index in [0.717, 1.165) is 12.5 Å². The van der Waals surface area contributed by atoms with E-state index in [2.05, 4.69) is 26.0 Å². The number of Topliss-reactive ketones (excluding diaryl/α,β-unsaturated/α-hetero) is 1. The van der Waals surface area contributed by atoms with Gasteiger partial charge >= 0.3 is 0 Å². The minimum atomic E-state index is -3.02. The van der Waals surface area contributed by atoms with E-state index in [1.54, 1.807) is 11.5 Å². The molecule has 2 aromatic heterocycles. The van der Waals surface area contributed by atoms with Gasteiger partial charge in [0, 0.05) is 30.3 Å². The first kappa shape index (κ1) is 23.7. The molecule has 3 N–H and O–H groups in total. The summed E-state index contributed by atoms with van der Waals surface area (Å²) in [4.78, 5) is 39.8. The van der Waals surface area contributed by atoms with Gasteiger partial charge in [-0.3, -0.25) is 14.4 Å². The molecule has 3 heterocycles. The van der Waals surface area contributed by atoms with Crippen LogP contribution in [0.1, 0.15) is 63.1 Å². The fourth-order valence-corrected chi connectivity index (χ4v) is 5.86. The maximum atomic E-state index is 13.8. The van der Waals surface area contributed by atoms with E-state index in [0.29, 0.717) is 17.7 Å². The number of carbonyl (C=O) groups excluding carboxylic acids is 3. The van der Waals surface area contributed by atoms with Crippen molar-refractivity contribution < 1.29 is 27.6 Å². The summed E-state index contributed by atoms with van der Waals surface area (Å²) in [5.74, 6) is -5.91. The van der Waals surface area contributed by atoms with Crippen molar-refractivity contribution in [1.82, 2.24) is 25.3 Å². The Labute approximate surface area is 212 Å². The number of aromatic amines is 1. The largest absolute Gasteiger partial charge is 0.337 e. The molecule has 1 aliphatic heterocycles. The highest BCUT2D eigenvalue weighted by Crippen LogP contribution is 2.55. The van der Waals surface area contributed by atoms with Gasteiger partial charge in [-0.1, -0.05) is 11.6 Å². The topological polar surface area (TPSA) is 122 Å². The highest BCUT2D eigenvalue weighted by molar-refractivity contribution is 6.44. The second-order valence-electron chi connectivity index (χ2n) is 9.95. The molecule has 0 bridgehead atoms. The van der Waals surface area contributed by atoms with Crippen molar-refractivity contribution in [2.75, 3.05) is 5.32 Å². The molecule has 37 heavy (non-hydrogen) atoms. The Morgan fingerprint density at radius 3 is 2.65 bits per heavy atom. The van der Waals surface area contributed by atoms with Crippen LogP contribution in [0.4, 0.5) is 18.9 Å². The second kappa shape index (κ2) is 7.91. The van der Waals surface area contributed by atoms with Crippen LogP contribution in [-0.4, -0.2) is 43.5 Å². The number of nitrogens with zero attached hydrogens (tertiary/aromatic N) is 3. The van der Waals surface area contributed by atoms with E-state index in [-0.39, 0.29) is 39.6 Å². The highest BCUT2D eigenvalue weighted by atomic mass is 35.5. The van der Waals surface area contributed by atoms with Gasteiger partial charge in [-0.05, 0) is 49.4 Å². The van der Waals surface area contributed by atoms with Crippen molar-refractivity contribution in [2.24, 2.45) is 5.92 Å². The number of fused-ring (bicyclic) bond motifs is 3. The number of hydrogen-bond donors (Lipinski definition) is 3. The number of amides is 2. The van der Waals surface area contributed by atoms with Gasteiger partial charge in [-0.2, -0.15) is 15.4 Å². The first-order valence-corrected chi connectivity index (χ1v) is 12.0. The maximum Gasteiger partial charge on any atom is 0.293 e. The summed E-state index contributed by atoms with van der Waals surface area (Å²) in [6.45, 7) is 1.57. The van der Waals surface area contributed by atoms with Crippen LogP contribution in [0, 0.1) is 18.7 Å². The number of nitrogens with one attached hydrogen (secondary N) is 3. The van der Waals surface area contributed by atoms with E-state index in [4.69, 9.17) is 11.6 Å². The number of carbonyl (C=O) groups is 3. The Balaban J connectivity index is 1.31. The van der Waals surface area contributed by atoms with Crippen molar-refractivity contribution in [3.8, 4) is 0 Å². The lowest BCUT2D eigenvalue weighted by Crippen LogP contribution is -2.61. The van der Waals surface area contributed by atoms with Gasteiger partial charge in [-0.25, -0.2) is 13.2 Å². The van der Waals surface area contributed by atoms with Crippen molar-refractivity contribution >= 4 is 34.9 Å². The molecule has 2 saturated carbocycles. The summed E-state index contributed by atoms with van der Waals surface area (Å²) < 4.78 is 43.0. The number of H-pyrrole nitrogens is 1. The smallest absolute Gasteiger partial charge is 0.293 e. The van der Waals surface area contributed by atoms with Crippen molar-refractivity contribution in [3.63, 3.8) is 0 Å². The molecule has 2 fully saturated rings. The fraction of sp³-hybridized carbons (Fsp3) is 0.375. The lowest BCUT2D eigenvalue weighted by molar-refractivity contribution is -0.148. The molecule has 2 unspecified atom stereocenters. The molecule has 3 aliphatic rings. The summed E-state index contributed by atoms with van der Waals surface area (Å²) in [6, 6.07) is 3.79. The van der Waals surface area contributed by atoms with E-state index >= 15 is 0 Å². The summed E-state index contributed by atoms with van der Waals surface area (Å²) in [5, 5.41) is 14.8. The second-order valence-corrected chi connectivity index (χ2v) is 10.4. The van der Waals surface area contributed by atoms with Gasteiger partial charge in [0.05, 0.1) is 22.3 Å². The zero-order valence-corrected chi connectivity index (χ0v) is 20.1. The van der Waals surface area contributed by atoms with Gasteiger partial charge < -0.3 is 15.2 Å². The Bertz CT molecular complexity index is 1480. The SMILES string of the molecule is Cc1c(C(=O)C(=O)NC2(c3cn[nH]n3)CC(F)(F)C2)c2n(c1C(=O)Nc1ccc(F)c(Cl)c1)C1CC1C2. The van der Waals surface area contributed by atoms with Crippen molar-refractivity contribution in [1.29, 1.82) is 0 Å². The Hall–Kier alpha value is -3.67. The summed E-state index contributed by atoms with van der Waals surface area (Å²) in [7, 11) is 0. The Morgan fingerprint density at radius 1 is 1.24 bits per heavy atom. The lowest BCUT2D eigenvalue weighted by atomic mass is 9.71. The standard InChI is InChI=1S/C24H20ClF3N6O3/c1-10-18(20(35)22(37)31-23(8-24(27,28)9-23)17-7-29-33-32-17)16-5-11-4-15(11)34(16)19(10)21(36)30-12-2-3-14(26)13(25)6-12/h2-3,6-7,11,15H,4-5,8-9H2,1H3,(H,30,36)(H,31,37)(H,29,32,33). The third-order valence-electron chi connectivity index (χ3n) is 7.43. The lowest BCUT2D eigenvalue weighted by Gasteiger charge is -2.46. The van der Waals surface area contributed by atoms with E-state index in [1.165, 1.54) is 18.3 Å². The van der Waals surface area contributed by atoms with Gasteiger partial charge in [0.25, 0.3) is 23.5 Å². The fourth-order valence-electron chi connectivity index (χ4n) is 5.68. The predicted octanol–water partition coefficient (Wildman–Crippen LogP) is 3.70. The molecule has 9 nitrogen and oxygen atoms in total. The van der Waals surface area contributed by atoms with E-state index < -0.39 is 47.7 Å². The predicted molar refractivity (Wildman–Crippen MR) is 124 cm³/mol. The van der Waals surface area contributed by atoms with Crippen LogP contribution in [0.5, 0.6) is 0 Å². The number of anilines is 1. The average molecular weight is 533 g/mol. The quantitative estimate of drug-likeness (QED) is 0.330. The molecule has 6 rings (SSSR count). The van der Waals surface area contributed by atoms with Crippen molar-refractivity contribution in [3.05, 3.63) is 63.4 Å². The van der Waals surface area contributed by atoms with Crippen LogP contribution in [0.15, 0.2) is 24.4 Å². The number of halogens is 4. The third-order valence-corrected chi connectivity index (χ3v) is 7.72. The normalized spacial score (nSPS) is 22.0. The molecule has 2 atom stereocenters. The van der Waals surface area contributed by atoms with Gasteiger partial charge in [-0.15, -0.1) is 0 Å². The zero-order valence-electron chi connectivity index (χ0n) is 19.4. The first-order valence-electron chi connectivity index (χ1n) is 11.6. The minimum Gasteiger partial charge on any atom is -0.337 e. The summed E-state index contributed by atoms with van der Waals surface area (Å²) in [5.41, 5.74) is 0.0348. The van der Waals surface area contributed by atoms with Crippen LogP contribution in [0.25, 0.3) is 0 Å². The van der Waals surface area contributed by atoms with Crippen LogP contribution in [-0.2, 0) is 16.8 Å². The molecule has 2 amide bonds. The number of ketones is 1. The molecule has 2 aliphatic carbocycles. The molecule has 192 valence electrons. The van der Waals surface area contributed by atoms with Crippen LogP contribution < -0.4 is 10.6 Å². The molecule has 1 aromatic carbocycles. The molecule has 0 saturated heterocycles. The molecular weight excluding hydrogens is 513 g/mol. The third kappa shape index (κ3) is 3.73. The summed E-state index contributed by atoms with van der Waals surface area (Å²) in [6.07, 6.45) is 1.17. The molecule has 0 spiro atoms. The molecular formula is C24H20ClF3N6O3. The maximum absolute atomic E-state index is 13.8. The van der Waals surface area contributed by atoms with Gasteiger partial charge in [0.15, 0.2) is 0 Å². The Kier molecular flexibility index (Phi) is 5.07. The number of benzene rings is 1. The minimum absolute atomic E-state index is 0.0302. The monoisotopic (exact) mass is 532 g/mol. The number of rotatable bonds is 6. The Morgan fingerprint density at radius 2 is 2.00 bits per heavy atom. The highest BCUT2D eigenvalue weighted by Gasteiger charge is 2.60. The van der Waals surface area contributed by atoms with E-state index in [1.807, 2.05) is 0 Å². The molecule has 3 aromatic rings. The number of aromatic nitrogens is 4. The average Bonchev–Trinajstić information content (AvgIpc) is 3.13. The van der Waals surface area contributed by atoms with Crippen molar-refractivity contribution in [2.45, 2.75) is 50.1 Å².